The summed E-state index contributed by atoms with van der Waals surface area (Å²) < 4.78 is 13.0. The zero-order valence-electron chi connectivity index (χ0n) is 7.79. The Bertz CT molecular complexity index is 384. The Balaban J connectivity index is 3.30. The van der Waals surface area contributed by atoms with Crippen molar-refractivity contribution in [3.8, 4) is 11.8 Å². The first-order chi connectivity index (χ1) is 6.61. The molecule has 0 fully saturated rings. The van der Waals surface area contributed by atoms with Gasteiger partial charge in [-0.25, -0.2) is 4.39 Å². The summed E-state index contributed by atoms with van der Waals surface area (Å²) in [5.74, 6) is -1.07. The van der Waals surface area contributed by atoms with Crippen LogP contribution in [0.25, 0.3) is 0 Å². The van der Waals surface area contributed by atoms with Gasteiger partial charge in [0.15, 0.2) is 0 Å². The third kappa shape index (κ3) is 1.68. The molecule has 3 nitrogen and oxygen atoms in total. The van der Waals surface area contributed by atoms with Crippen LogP contribution in [0.2, 0.25) is 0 Å². The van der Waals surface area contributed by atoms with Crippen molar-refractivity contribution < 1.29 is 9.50 Å². The fourth-order valence-electron chi connectivity index (χ4n) is 1.21. The maximum absolute atomic E-state index is 13.0. The molecule has 1 rings (SSSR count). The second kappa shape index (κ2) is 4.07. The normalized spacial score (nSPS) is 12.1. The molecule has 1 aromatic carbocycles. The van der Waals surface area contributed by atoms with Gasteiger partial charge in [-0.1, -0.05) is 13.0 Å². The van der Waals surface area contributed by atoms with E-state index in [1.165, 1.54) is 6.07 Å². The first kappa shape index (κ1) is 10.5. The Morgan fingerprint density at radius 2 is 2.29 bits per heavy atom. The molecule has 0 radical (unpaired) electrons. The third-order valence-electron chi connectivity index (χ3n) is 2.11. The molecular formula is C10H11FN2O. The number of rotatable bonds is 2. The molecule has 1 atom stereocenters. The second-order valence-corrected chi connectivity index (χ2v) is 2.99. The molecule has 3 N–H and O–H groups in total. The monoisotopic (exact) mass is 194 g/mol. The highest BCUT2D eigenvalue weighted by molar-refractivity contribution is 5.49. The smallest absolute Gasteiger partial charge is 0.144 e. The maximum atomic E-state index is 13.0. The largest absolute Gasteiger partial charge is 0.506 e. The van der Waals surface area contributed by atoms with Crippen molar-refractivity contribution in [1.82, 2.24) is 0 Å². The first-order valence-electron chi connectivity index (χ1n) is 4.28. The molecule has 0 unspecified atom stereocenters. The summed E-state index contributed by atoms with van der Waals surface area (Å²) in [6, 6.07) is 3.77. The number of hydrogen-bond donors (Lipinski definition) is 2. The average Bonchev–Trinajstić information content (AvgIpc) is 2.18. The van der Waals surface area contributed by atoms with E-state index in [-0.39, 0.29) is 17.4 Å². The Hall–Kier alpha value is -1.60. The Morgan fingerprint density at radius 3 is 2.79 bits per heavy atom. The molecule has 0 spiro atoms. The fourth-order valence-corrected chi connectivity index (χ4v) is 1.21. The lowest BCUT2D eigenvalue weighted by Crippen LogP contribution is -2.09. The van der Waals surface area contributed by atoms with Crippen LogP contribution < -0.4 is 5.73 Å². The molecule has 0 aromatic heterocycles. The second-order valence-electron chi connectivity index (χ2n) is 2.99. The summed E-state index contributed by atoms with van der Waals surface area (Å²) in [5, 5.41) is 18.1. The number of halogens is 1. The van der Waals surface area contributed by atoms with E-state index in [1.54, 1.807) is 6.07 Å². The van der Waals surface area contributed by atoms with Crippen LogP contribution in [0.3, 0.4) is 0 Å². The van der Waals surface area contributed by atoms with Crippen molar-refractivity contribution in [2.24, 2.45) is 5.73 Å². The molecule has 0 saturated heterocycles. The van der Waals surface area contributed by atoms with Crippen LogP contribution in [0, 0.1) is 17.1 Å². The zero-order chi connectivity index (χ0) is 10.7. The van der Waals surface area contributed by atoms with Crippen LogP contribution in [0.4, 0.5) is 4.39 Å². The quantitative estimate of drug-likeness (QED) is 0.754. The van der Waals surface area contributed by atoms with Crippen LogP contribution in [0.15, 0.2) is 12.1 Å². The molecule has 0 amide bonds. The summed E-state index contributed by atoms with van der Waals surface area (Å²) in [5.41, 5.74) is 5.74. The average molecular weight is 194 g/mol. The zero-order valence-corrected chi connectivity index (χ0v) is 7.79. The summed E-state index contributed by atoms with van der Waals surface area (Å²) in [4.78, 5) is 0. The number of nitrogens with zero attached hydrogens (tertiary/aromatic N) is 1. The van der Waals surface area contributed by atoms with E-state index in [2.05, 4.69) is 0 Å². The van der Waals surface area contributed by atoms with Crippen LogP contribution in [0.5, 0.6) is 5.75 Å². The van der Waals surface area contributed by atoms with Crippen molar-refractivity contribution >= 4 is 0 Å². The fraction of sp³-hybridized carbons (Fsp3) is 0.300. The molecule has 4 heteroatoms. The van der Waals surface area contributed by atoms with Gasteiger partial charge >= 0.3 is 0 Å². The number of phenolic OH excluding ortho intramolecular Hbond substituents is 1. The summed E-state index contributed by atoms with van der Waals surface area (Å²) in [6.07, 6.45) is 0.615. The lowest BCUT2D eigenvalue weighted by molar-refractivity contribution is 0.451. The van der Waals surface area contributed by atoms with Gasteiger partial charge in [-0.2, -0.15) is 5.26 Å². The van der Waals surface area contributed by atoms with E-state index < -0.39 is 5.82 Å². The molecule has 0 aliphatic carbocycles. The van der Waals surface area contributed by atoms with Crippen LogP contribution in [0.1, 0.15) is 30.5 Å². The standard InChI is InChI=1S/C10H11FN2O/c1-2-9(13)6-3-4-8(11)7(5-12)10(6)14/h3-4,9,14H,2,13H2,1H3/t9-/m1/s1. The van der Waals surface area contributed by atoms with Gasteiger partial charge in [0, 0.05) is 11.6 Å². The van der Waals surface area contributed by atoms with Crippen molar-refractivity contribution in [1.29, 1.82) is 5.26 Å². The molecular weight excluding hydrogens is 183 g/mol. The highest BCUT2D eigenvalue weighted by Crippen LogP contribution is 2.29. The maximum Gasteiger partial charge on any atom is 0.144 e. The van der Waals surface area contributed by atoms with E-state index in [0.717, 1.165) is 6.07 Å². The van der Waals surface area contributed by atoms with Gasteiger partial charge in [0.1, 0.15) is 23.2 Å². The third-order valence-corrected chi connectivity index (χ3v) is 2.11. The SMILES string of the molecule is CC[C@@H](N)c1ccc(F)c(C#N)c1O. The van der Waals surface area contributed by atoms with Gasteiger partial charge in [0.25, 0.3) is 0 Å². The molecule has 74 valence electrons. The van der Waals surface area contributed by atoms with E-state index in [1.807, 2.05) is 6.92 Å². The van der Waals surface area contributed by atoms with Gasteiger partial charge in [-0.15, -0.1) is 0 Å². The minimum atomic E-state index is -0.725. The number of nitriles is 1. The molecule has 0 bridgehead atoms. The lowest BCUT2D eigenvalue weighted by atomic mass is 10.0. The lowest BCUT2D eigenvalue weighted by Gasteiger charge is -2.12. The van der Waals surface area contributed by atoms with Crippen molar-refractivity contribution in [2.45, 2.75) is 19.4 Å². The molecule has 0 aliphatic rings. The van der Waals surface area contributed by atoms with E-state index in [0.29, 0.717) is 12.0 Å². The number of phenols is 1. The number of nitrogens with two attached hydrogens (primary N) is 1. The van der Waals surface area contributed by atoms with Gasteiger partial charge in [0.05, 0.1) is 0 Å². The minimum absolute atomic E-state index is 0.341. The summed E-state index contributed by atoms with van der Waals surface area (Å²) in [7, 11) is 0. The number of aromatic hydroxyl groups is 1. The molecule has 1 aromatic rings. The van der Waals surface area contributed by atoms with Crippen LogP contribution in [-0.4, -0.2) is 5.11 Å². The Labute approximate surface area is 81.6 Å². The van der Waals surface area contributed by atoms with Crippen LogP contribution >= 0.6 is 0 Å². The predicted octanol–water partition coefficient (Wildman–Crippen LogP) is 1.81. The van der Waals surface area contributed by atoms with E-state index in [9.17, 15) is 9.50 Å². The Kier molecular flexibility index (Phi) is 3.05. The summed E-state index contributed by atoms with van der Waals surface area (Å²) in [6.45, 7) is 1.85. The minimum Gasteiger partial charge on any atom is -0.506 e. The molecule has 0 heterocycles. The first-order valence-corrected chi connectivity index (χ1v) is 4.28. The van der Waals surface area contributed by atoms with Crippen molar-refractivity contribution in [2.75, 3.05) is 0 Å². The van der Waals surface area contributed by atoms with E-state index >= 15 is 0 Å². The van der Waals surface area contributed by atoms with E-state index in [4.69, 9.17) is 11.0 Å². The molecule has 14 heavy (non-hydrogen) atoms. The number of benzene rings is 1. The van der Waals surface area contributed by atoms with Crippen LogP contribution in [-0.2, 0) is 0 Å². The number of hydrogen-bond acceptors (Lipinski definition) is 3. The predicted molar refractivity (Wildman–Crippen MR) is 50.0 cm³/mol. The van der Waals surface area contributed by atoms with Gasteiger partial charge in [-0.3, -0.25) is 0 Å². The highest BCUT2D eigenvalue weighted by Gasteiger charge is 2.15. The van der Waals surface area contributed by atoms with Gasteiger partial charge in [-0.05, 0) is 12.5 Å². The Morgan fingerprint density at radius 1 is 1.64 bits per heavy atom. The van der Waals surface area contributed by atoms with Crippen molar-refractivity contribution in [3.05, 3.63) is 29.1 Å². The van der Waals surface area contributed by atoms with Crippen molar-refractivity contribution in [3.63, 3.8) is 0 Å². The topological polar surface area (TPSA) is 70.0 Å². The van der Waals surface area contributed by atoms with Gasteiger partial charge < -0.3 is 10.8 Å². The highest BCUT2D eigenvalue weighted by atomic mass is 19.1. The molecule has 0 aliphatic heterocycles. The van der Waals surface area contributed by atoms with Gasteiger partial charge in [0.2, 0.25) is 0 Å². The molecule has 0 saturated carbocycles. The summed E-state index contributed by atoms with van der Waals surface area (Å²) >= 11 is 0.